The highest BCUT2D eigenvalue weighted by Crippen LogP contribution is 2.03. The van der Waals surface area contributed by atoms with Crippen molar-refractivity contribution < 1.29 is 9.63 Å². The van der Waals surface area contributed by atoms with Crippen LogP contribution in [0.2, 0.25) is 0 Å². The van der Waals surface area contributed by atoms with Crippen LogP contribution in [0.3, 0.4) is 0 Å². The normalized spacial score (nSPS) is 18.1. The number of ketones is 1. The Labute approximate surface area is 60.0 Å². The van der Waals surface area contributed by atoms with Gasteiger partial charge in [0.15, 0.2) is 5.78 Å². The molecule has 0 atom stereocenters. The fourth-order valence-electron chi connectivity index (χ4n) is 0.879. The molecule has 0 spiro atoms. The molecule has 0 amide bonds. The average molecular weight is 141 g/mol. The first-order chi connectivity index (χ1) is 4.84. The maximum atomic E-state index is 11.0. The van der Waals surface area contributed by atoms with Crippen molar-refractivity contribution >= 4 is 11.5 Å². The van der Waals surface area contributed by atoms with Crippen LogP contribution in [0, 0.1) is 0 Å². The monoisotopic (exact) mass is 141 g/mol. The molecule has 10 heavy (non-hydrogen) atoms. The molecule has 0 saturated carbocycles. The third-order valence-electron chi connectivity index (χ3n) is 1.40. The zero-order valence-corrected chi connectivity index (χ0v) is 6.09. The number of hydrogen-bond donors (Lipinski definition) is 0. The van der Waals surface area contributed by atoms with Crippen LogP contribution >= 0.6 is 0 Å². The minimum atomic E-state index is 0.146. The molecule has 0 N–H and O–H groups in total. The van der Waals surface area contributed by atoms with Gasteiger partial charge in [-0.2, -0.15) is 0 Å². The number of Topliss-reactive ketones (excluding diaryl/α,β-unsaturated/α-hetero) is 1. The van der Waals surface area contributed by atoms with E-state index < -0.39 is 0 Å². The maximum absolute atomic E-state index is 11.0. The third kappa shape index (κ3) is 1.56. The fourth-order valence-corrected chi connectivity index (χ4v) is 0.879. The molecule has 0 saturated heterocycles. The van der Waals surface area contributed by atoms with Crippen LogP contribution in [0.5, 0.6) is 0 Å². The smallest absolute Gasteiger partial charge is 0.183 e. The zero-order valence-electron chi connectivity index (χ0n) is 6.09. The molecule has 0 aromatic carbocycles. The molecule has 1 aliphatic heterocycles. The fraction of sp³-hybridized carbons (Fsp3) is 0.714. The summed E-state index contributed by atoms with van der Waals surface area (Å²) in [5, 5.41) is 3.67. The number of carbonyl (C=O) groups excluding carboxylic acids is 1. The number of oxime groups is 1. The van der Waals surface area contributed by atoms with E-state index in [2.05, 4.69) is 5.16 Å². The van der Waals surface area contributed by atoms with E-state index in [4.69, 9.17) is 4.84 Å². The van der Waals surface area contributed by atoms with Crippen molar-refractivity contribution in [3.8, 4) is 0 Å². The molecule has 0 radical (unpaired) electrons. The van der Waals surface area contributed by atoms with Crippen LogP contribution in [-0.2, 0) is 9.63 Å². The second-order valence-corrected chi connectivity index (χ2v) is 2.29. The zero-order chi connectivity index (χ0) is 7.40. The molecule has 0 bridgehead atoms. The molecule has 3 heteroatoms. The molecular formula is C7H11NO2. The van der Waals surface area contributed by atoms with Gasteiger partial charge in [0.25, 0.3) is 0 Å². The van der Waals surface area contributed by atoms with Crippen molar-refractivity contribution in [2.75, 3.05) is 6.61 Å². The van der Waals surface area contributed by atoms with Crippen LogP contribution < -0.4 is 0 Å². The van der Waals surface area contributed by atoms with Gasteiger partial charge in [0.2, 0.25) is 0 Å². The molecule has 3 nitrogen and oxygen atoms in total. The van der Waals surface area contributed by atoms with Crippen molar-refractivity contribution in [2.45, 2.75) is 26.2 Å². The van der Waals surface area contributed by atoms with Gasteiger partial charge in [0.05, 0.1) is 0 Å². The lowest BCUT2D eigenvalue weighted by molar-refractivity contribution is -0.115. The highest BCUT2D eigenvalue weighted by molar-refractivity contribution is 6.39. The topological polar surface area (TPSA) is 38.7 Å². The summed E-state index contributed by atoms with van der Waals surface area (Å²) in [7, 11) is 0. The first-order valence-electron chi connectivity index (χ1n) is 3.56. The van der Waals surface area contributed by atoms with Gasteiger partial charge in [-0.3, -0.25) is 4.79 Å². The van der Waals surface area contributed by atoms with Crippen LogP contribution in [0.15, 0.2) is 5.16 Å². The summed E-state index contributed by atoms with van der Waals surface area (Å²) in [6, 6.07) is 0. The Morgan fingerprint density at radius 1 is 1.70 bits per heavy atom. The Morgan fingerprint density at radius 3 is 3.10 bits per heavy atom. The van der Waals surface area contributed by atoms with Crippen LogP contribution in [0.4, 0.5) is 0 Å². The summed E-state index contributed by atoms with van der Waals surface area (Å²) in [5.74, 6) is 0.146. The molecule has 0 aliphatic carbocycles. The second kappa shape index (κ2) is 3.34. The van der Waals surface area contributed by atoms with Gasteiger partial charge in [-0.15, -0.1) is 0 Å². The van der Waals surface area contributed by atoms with Crippen LogP contribution in [0.25, 0.3) is 0 Å². The van der Waals surface area contributed by atoms with Gasteiger partial charge in [-0.1, -0.05) is 18.5 Å². The lowest BCUT2D eigenvalue weighted by Gasteiger charge is -2.08. The van der Waals surface area contributed by atoms with Gasteiger partial charge in [0.1, 0.15) is 12.3 Å². The minimum absolute atomic E-state index is 0.146. The van der Waals surface area contributed by atoms with Crippen molar-refractivity contribution in [2.24, 2.45) is 5.16 Å². The Hall–Kier alpha value is -0.860. The van der Waals surface area contributed by atoms with Crippen LogP contribution in [0.1, 0.15) is 26.2 Å². The van der Waals surface area contributed by atoms with E-state index in [0.29, 0.717) is 18.7 Å². The van der Waals surface area contributed by atoms with E-state index in [1.807, 2.05) is 6.92 Å². The first-order valence-corrected chi connectivity index (χ1v) is 3.56. The predicted octanol–water partition coefficient (Wildman–Crippen LogP) is 1.13. The Morgan fingerprint density at radius 2 is 2.50 bits per heavy atom. The summed E-state index contributed by atoms with van der Waals surface area (Å²) in [6.07, 6.45) is 2.20. The molecule has 1 rings (SSSR count). The van der Waals surface area contributed by atoms with Crippen LogP contribution in [-0.4, -0.2) is 18.1 Å². The van der Waals surface area contributed by atoms with Crippen molar-refractivity contribution in [3.63, 3.8) is 0 Å². The number of rotatable bonds is 2. The Balaban J connectivity index is 2.53. The SMILES string of the molecule is CCCC1=NOCCC1=O. The molecular weight excluding hydrogens is 130 g/mol. The molecule has 1 heterocycles. The summed E-state index contributed by atoms with van der Waals surface area (Å²) in [6.45, 7) is 2.47. The molecule has 0 aromatic heterocycles. The molecule has 0 aromatic rings. The predicted molar refractivity (Wildman–Crippen MR) is 37.9 cm³/mol. The van der Waals surface area contributed by atoms with Crippen molar-refractivity contribution in [3.05, 3.63) is 0 Å². The molecule has 56 valence electrons. The quantitative estimate of drug-likeness (QED) is 0.578. The van der Waals surface area contributed by atoms with Crippen molar-refractivity contribution in [1.29, 1.82) is 0 Å². The summed E-state index contributed by atoms with van der Waals surface area (Å²) < 4.78 is 0. The minimum Gasteiger partial charge on any atom is -0.395 e. The Bertz CT molecular complexity index is 163. The van der Waals surface area contributed by atoms with E-state index in [9.17, 15) is 4.79 Å². The van der Waals surface area contributed by atoms with Gasteiger partial charge < -0.3 is 4.84 Å². The highest BCUT2D eigenvalue weighted by Gasteiger charge is 2.14. The molecule has 0 fully saturated rings. The van der Waals surface area contributed by atoms with Gasteiger partial charge >= 0.3 is 0 Å². The second-order valence-electron chi connectivity index (χ2n) is 2.29. The first kappa shape index (κ1) is 7.25. The van der Waals surface area contributed by atoms with Crippen molar-refractivity contribution in [1.82, 2.24) is 0 Å². The summed E-state index contributed by atoms with van der Waals surface area (Å²) in [4.78, 5) is 15.7. The summed E-state index contributed by atoms with van der Waals surface area (Å²) >= 11 is 0. The van der Waals surface area contributed by atoms with Gasteiger partial charge in [-0.25, -0.2) is 0 Å². The lowest BCUT2D eigenvalue weighted by atomic mass is 10.1. The van der Waals surface area contributed by atoms with E-state index in [1.54, 1.807) is 0 Å². The van der Waals surface area contributed by atoms with E-state index >= 15 is 0 Å². The Kier molecular flexibility index (Phi) is 2.42. The van der Waals surface area contributed by atoms with Gasteiger partial charge in [0, 0.05) is 6.42 Å². The average Bonchev–Trinajstić information content (AvgIpc) is 1.94. The number of carbonyl (C=O) groups is 1. The number of nitrogens with zero attached hydrogens (tertiary/aromatic N) is 1. The van der Waals surface area contributed by atoms with E-state index in [1.165, 1.54) is 0 Å². The summed E-state index contributed by atoms with van der Waals surface area (Å²) in [5.41, 5.74) is 0.605. The third-order valence-corrected chi connectivity index (χ3v) is 1.40. The van der Waals surface area contributed by atoms with Gasteiger partial charge in [-0.05, 0) is 6.42 Å². The largest absolute Gasteiger partial charge is 0.395 e. The maximum Gasteiger partial charge on any atom is 0.183 e. The standard InChI is InChI=1S/C7H11NO2/c1-2-3-6-7(9)4-5-10-8-6/h2-5H2,1H3. The number of hydrogen-bond acceptors (Lipinski definition) is 3. The van der Waals surface area contributed by atoms with E-state index in [0.717, 1.165) is 12.8 Å². The highest BCUT2D eigenvalue weighted by atomic mass is 16.6. The van der Waals surface area contributed by atoms with E-state index in [-0.39, 0.29) is 5.78 Å². The molecule has 1 aliphatic rings. The lowest BCUT2D eigenvalue weighted by Crippen LogP contribution is -2.20. The molecule has 0 unspecified atom stereocenters.